The zero-order valence-corrected chi connectivity index (χ0v) is 18.7. The van der Waals surface area contributed by atoms with E-state index in [1.165, 1.54) is 28.7 Å². The lowest BCUT2D eigenvalue weighted by atomic mass is 10.1. The average molecular weight is 449 g/mol. The predicted molar refractivity (Wildman–Crippen MR) is 120 cm³/mol. The number of rotatable bonds is 8. The molecule has 0 saturated carbocycles. The topological polar surface area (TPSA) is 109 Å². The molecule has 1 aliphatic rings. The monoisotopic (exact) mass is 448 g/mol. The smallest absolute Gasteiger partial charge is 0.337 e. The van der Waals surface area contributed by atoms with Gasteiger partial charge in [0.15, 0.2) is 5.13 Å². The van der Waals surface area contributed by atoms with Gasteiger partial charge >= 0.3 is 12.0 Å². The number of benzene rings is 1. The lowest BCUT2D eigenvalue weighted by molar-refractivity contribution is -0.139. The van der Waals surface area contributed by atoms with Crippen molar-refractivity contribution in [2.24, 2.45) is 0 Å². The van der Waals surface area contributed by atoms with E-state index in [0.717, 1.165) is 16.6 Å². The van der Waals surface area contributed by atoms with Gasteiger partial charge in [-0.1, -0.05) is 24.3 Å². The summed E-state index contributed by atoms with van der Waals surface area (Å²) < 4.78 is 6.12. The number of nitrogens with one attached hydrogen (secondary N) is 3. The number of aryl methyl sites for hydroxylation is 1. The number of esters is 1. The van der Waals surface area contributed by atoms with Gasteiger partial charge in [0.05, 0.1) is 34.2 Å². The number of urea groups is 1. The van der Waals surface area contributed by atoms with Crippen molar-refractivity contribution in [2.45, 2.75) is 33.2 Å². The van der Waals surface area contributed by atoms with Crippen LogP contribution in [0.2, 0.25) is 0 Å². The van der Waals surface area contributed by atoms with Gasteiger partial charge in [-0.3, -0.25) is 4.79 Å². The molecule has 1 atom stereocenters. The zero-order chi connectivity index (χ0) is 21.7. The molecule has 3 rings (SSSR count). The van der Waals surface area contributed by atoms with Crippen molar-refractivity contribution < 1.29 is 19.1 Å². The van der Waals surface area contributed by atoms with Crippen LogP contribution < -0.4 is 16.0 Å². The number of thioether (sulfide) groups is 1. The molecule has 0 fully saturated rings. The van der Waals surface area contributed by atoms with Crippen molar-refractivity contribution in [1.82, 2.24) is 15.6 Å². The van der Waals surface area contributed by atoms with E-state index in [-0.39, 0.29) is 24.3 Å². The number of anilines is 1. The van der Waals surface area contributed by atoms with E-state index in [0.29, 0.717) is 22.2 Å². The van der Waals surface area contributed by atoms with Crippen molar-refractivity contribution in [2.75, 3.05) is 23.4 Å². The van der Waals surface area contributed by atoms with E-state index >= 15 is 0 Å². The SMILES string of the molecule is CCOC(=O)C1=C(CSCC(=O)Nc2nc3ccc(CC)cc3s2)NC(=O)NC1C. The van der Waals surface area contributed by atoms with Gasteiger partial charge in [0, 0.05) is 11.4 Å². The van der Waals surface area contributed by atoms with Crippen molar-refractivity contribution in [3.05, 3.63) is 35.0 Å². The molecule has 0 radical (unpaired) electrons. The van der Waals surface area contributed by atoms with Crippen LogP contribution >= 0.6 is 23.1 Å². The van der Waals surface area contributed by atoms with Crippen LogP contribution in [0.15, 0.2) is 29.5 Å². The fourth-order valence-electron chi connectivity index (χ4n) is 3.04. The molecule has 8 nitrogen and oxygen atoms in total. The maximum atomic E-state index is 12.3. The first-order chi connectivity index (χ1) is 14.4. The van der Waals surface area contributed by atoms with Gasteiger partial charge in [0.1, 0.15) is 0 Å². The summed E-state index contributed by atoms with van der Waals surface area (Å²) in [5.74, 6) is -0.202. The largest absolute Gasteiger partial charge is 0.463 e. The number of fused-ring (bicyclic) bond motifs is 1. The Hall–Kier alpha value is -2.59. The fourth-order valence-corrected chi connectivity index (χ4v) is 4.77. The summed E-state index contributed by atoms with van der Waals surface area (Å²) in [5, 5.41) is 8.67. The van der Waals surface area contributed by atoms with E-state index in [1.807, 2.05) is 12.1 Å². The summed E-state index contributed by atoms with van der Waals surface area (Å²) in [6.07, 6.45) is 0.945. The Labute approximate surface area is 182 Å². The number of carbonyl (C=O) groups excluding carboxylic acids is 3. The van der Waals surface area contributed by atoms with Crippen molar-refractivity contribution in [3.8, 4) is 0 Å². The van der Waals surface area contributed by atoms with Gasteiger partial charge in [-0.2, -0.15) is 0 Å². The van der Waals surface area contributed by atoms with Crippen LogP contribution in [-0.2, 0) is 20.7 Å². The standard InChI is InChI=1S/C20H24N4O4S2/c1-4-12-6-7-13-15(8-12)30-20(23-13)24-16(25)10-29-9-14-17(18(26)28-5-2)11(3)21-19(27)22-14/h6-8,11H,4-5,9-10H2,1-3H3,(H2,21,22,27)(H,23,24,25). The maximum Gasteiger partial charge on any atom is 0.337 e. The Bertz CT molecular complexity index is 1000. The average Bonchev–Trinajstić information content (AvgIpc) is 3.08. The lowest BCUT2D eigenvalue weighted by Crippen LogP contribution is -2.49. The molecule has 0 saturated heterocycles. The second-order valence-corrected chi connectivity index (χ2v) is 8.66. The van der Waals surface area contributed by atoms with Gasteiger partial charge in [0.2, 0.25) is 5.91 Å². The highest BCUT2D eigenvalue weighted by Gasteiger charge is 2.29. The highest BCUT2D eigenvalue weighted by atomic mass is 32.2. The number of carbonyl (C=O) groups is 3. The number of nitrogens with zero attached hydrogens (tertiary/aromatic N) is 1. The third kappa shape index (κ3) is 5.31. The zero-order valence-electron chi connectivity index (χ0n) is 17.0. The predicted octanol–water partition coefficient (Wildman–Crippen LogP) is 3.05. The number of hydrogen-bond acceptors (Lipinski definition) is 7. The summed E-state index contributed by atoms with van der Waals surface area (Å²) >= 11 is 2.74. The van der Waals surface area contributed by atoms with Gasteiger partial charge in [-0.05, 0) is 38.0 Å². The number of aromatic nitrogens is 1. The molecular formula is C20H24N4O4S2. The van der Waals surface area contributed by atoms with Gasteiger partial charge < -0.3 is 20.7 Å². The first-order valence-corrected chi connectivity index (χ1v) is 11.6. The Balaban J connectivity index is 1.60. The normalized spacial score (nSPS) is 16.2. The Morgan fingerprint density at radius 1 is 1.33 bits per heavy atom. The second kappa shape index (κ2) is 9.94. The minimum Gasteiger partial charge on any atom is -0.463 e. The van der Waals surface area contributed by atoms with Crippen LogP contribution in [0.1, 0.15) is 26.3 Å². The van der Waals surface area contributed by atoms with E-state index in [9.17, 15) is 14.4 Å². The minimum absolute atomic E-state index is 0.160. The van der Waals surface area contributed by atoms with Crippen LogP contribution in [0.5, 0.6) is 0 Å². The van der Waals surface area contributed by atoms with E-state index in [1.54, 1.807) is 13.8 Å². The molecule has 30 heavy (non-hydrogen) atoms. The molecular weight excluding hydrogens is 424 g/mol. The van der Waals surface area contributed by atoms with Crippen molar-refractivity contribution in [3.63, 3.8) is 0 Å². The van der Waals surface area contributed by atoms with Crippen LogP contribution in [0.4, 0.5) is 9.93 Å². The quantitative estimate of drug-likeness (QED) is 0.536. The summed E-state index contributed by atoms with van der Waals surface area (Å²) in [6.45, 7) is 5.78. The number of amides is 3. The van der Waals surface area contributed by atoms with Crippen LogP contribution in [0.25, 0.3) is 10.2 Å². The molecule has 0 aliphatic carbocycles. The van der Waals surface area contributed by atoms with Gasteiger partial charge in [0.25, 0.3) is 0 Å². The summed E-state index contributed by atoms with van der Waals surface area (Å²) in [6, 6.07) is 5.24. The van der Waals surface area contributed by atoms with E-state index < -0.39 is 12.0 Å². The first-order valence-electron chi connectivity index (χ1n) is 9.66. The molecule has 1 aromatic heterocycles. The minimum atomic E-state index is -0.474. The Morgan fingerprint density at radius 2 is 2.13 bits per heavy atom. The van der Waals surface area contributed by atoms with Crippen molar-refractivity contribution in [1.29, 1.82) is 0 Å². The van der Waals surface area contributed by atoms with E-state index in [2.05, 4.69) is 33.9 Å². The molecule has 3 amide bonds. The maximum absolute atomic E-state index is 12.3. The van der Waals surface area contributed by atoms with Gasteiger partial charge in [-0.25, -0.2) is 14.6 Å². The second-order valence-electron chi connectivity index (χ2n) is 6.65. The number of hydrogen-bond donors (Lipinski definition) is 3. The highest BCUT2D eigenvalue weighted by molar-refractivity contribution is 8.00. The Kier molecular flexibility index (Phi) is 7.33. The Morgan fingerprint density at radius 3 is 2.87 bits per heavy atom. The van der Waals surface area contributed by atoms with Crippen LogP contribution in [-0.4, -0.2) is 47.0 Å². The third-order valence-corrected chi connectivity index (χ3v) is 6.35. The molecule has 0 bridgehead atoms. The van der Waals surface area contributed by atoms with Crippen molar-refractivity contribution >= 4 is 56.4 Å². The van der Waals surface area contributed by atoms with Crippen LogP contribution in [0, 0.1) is 0 Å². The molecule has 10 heteroatoms. The molecule has 1 aromatic carbocycles. The summed E-state index contributed by atoms with van der Waals surface area (Å²) in [5.41, 5.74) is 2.93. The molecule has 1 unspecified atom stereocenters. The lowest BCUT2D eigenvalue weighted by Gasteiger charge is -2.26. The highest BCUT2D eigenvalue weighted by Crippen LogP contribution is 2.27. The fraction of sp³-hybridized carbons (Fsp3) is 0.400. The van der Waals surface area contributed by atoms with Gasteiger partial charge in [-0.15, -0.1) is 11.8 Å². The summed E-state index contributed by atoms with van der Waals surface area (Å²) in [4.78, 5) is 40.8. The number of thiazole rings is 1. The van der Waals surface area contributed by atoms with Crippen LogP contribution in [0.3, 0.4) is 0 Å². The molecule has 1 aliphatic heterocycles. The molecule has 2 aromatic rings. The van der Waals surface area contributed by atoms with E-state index in [4.69, 9.17) is 4.74 Å². The third-order valence-electron chi connectivity index (χ3n) is 4.45. The molecule has 160 valence electrons. The first kappa shape index (κ1) is 22.1. The number of ether oxygens (including phenoxy) is 1. The molecule has 3 N–H and O–H groups in total. The summed E-state index contributed by atoms with van der Waals surface area (Å²) in [7, 11) is 0. The molecule has 0 spiro atoms. The molecule has 2 heterocycles.